The highest BCUT2D eigenvalue weighted by Crippen LogP contribution is 2.27. The zero-order valence-electron chi connectivity index (χ0n) is 17.5. The van der Waals surface area contributed by atoms with E-state index in [0.717, 1.165) is 5.56 Å². The summed E-state index contributed by atoms with van der Waals surface area (Å²) < 4.78 is 28.1. The minimum atomic E-state index is -3.92. The zero-order valence-corrected chi connectivity index (χ0v) is 19.9. The van der Waals surface area contributed by atoms with Crippen LogP contribution in [0.2, 0.25) is 10.0 Å². The number of nitrogens with one attached hydrogen (secondary N) is 2. The van der Waals surface area contributed by atoms with E-state index in [1.54, 1.807) is 60.7 Å². The predicted molar refractivity (Wildman–Crippen MR) is 134 cm³/mol. The SMILES string of the molecule is N#Cc1ccc(CNC(=O)c2cccc3cc(NS(=O)(=O)c4cc(Cl)cc(Cl)c4)ccc23)cc1. The summed E-state index contributed by atoms with van der Waals surface area (Å²) in [5, 5.41) is 13.5. The van der Waals surface area contributed by atoms with E-state index >= 15 is 0 Å². The molecular weight excluding hydrogens is 493 g/mol. The summed E-state index contributed by atoms with van der Waals surface area (Å²) in [6.07, 6.45) is 0. The Morgan fingerprint density at radius 2 is 1.62 bits per heavy atom. The van der Waals surface area contributed by atoms with Gasteiger partial charge in [0.2, 0.25) is 0 Å². The summed E-state index contributed by atoms with van der Waals surface area (Å²) in [6, 6.07) is 23.2. The third-order valence-corrected chi connectivity index (χ3v) is 6.86. The van der Waals surface area contributed by atoms with E-state index in [4.69, 9.17) is 28.5 Å². The van der Waals surface area contributed by atoms with Crippen molar-refractivity contribution in [3.63, 3.8) is 0 Å². The Hall–Kier alpha value is -3.57. The smallest absolute Gasteiger partial charge is 0.261 e. The van der Waals surface area contributed by atoms with Gasteiger partial charge in [0.25, 0.3) is 15.9 Å². The van der Waals surface area contributed by atoms with E-state index in [2.05, 4.69) is 16.1 Å². The van der Waals surface area contributed by atoms with Gasteiger partial charge in [0.15, 0.2) is 0 Å². The topological polar surface area (TPSA) is 99.1 Å². The molecule has 0 radical (unpaired) electrons. The number of hydrogen-bond donors (Lipinski definition) is 2. The van der Waals surface area contributed by atoms with E-state index in [9.17, 15) is 13.2 Å². The fraction of sp³-hybridized carbons (Fsp3) is 0.0400. The molecule has 1 amide bonds. The highest BCUT2D eigenvalue weighted by Gasteiger charge is 2.17. The van der Waals surface area contributed by atoms with Gasteiger partial charge in [0.1, 0.15) is 0 Å². The molecule has 0 atom stereocenters. The summed E-state index contributed by atoms with van der Waals surface area (Å²) in [5.41, 5.74) is 2.21. The average Bonchev–Trinajstić information content (AvgIpc) is 2.81. The molecule has 170 valence electrons. The highest BCUT2D eigenvalue weighted by atomic mass is 35.5. The van der Waals surface area contributed by atoms with Crippen LogP contribution in [0.3, 0.4) is 0 Å². The third-order valence-electron chi connectivity index (χ3n) is 5.06. The molecule has 0 aliphatic carbocycles. The number of sulfonamides is 1. The molecule has 0 heterocycles. The number of anilines is 1. The second kappa shape index (κ2) is 9.74. The second-order valence-electron chi connectivity index (χ2n) is 7.44. The summed E-state index contributed by atoms with van der Waals surface area (Å²) in [4.78, 5) is 12.8. The fourth-order valence-electron chi connectivity index (χ4n) is 3.42. The molecule has 0 aromatic heterocycles. The molecule has 2 N–H and O–H groups in total. The first-order chi connectivity index (χ1) is 16.2. The molecule has 0 bridgehead atoms. The van der Waals surface area contributed by atoms with Gasteiger partial charge >= 0.3 is 0 Å². The van der Waals surface area contributed by atoms with Crippen LogP contribution >= 0.6 is 23.2 Å². The molecule has 0 spiro atoms. The number of fused-ring (bicyclic) bond motifs is 1. The molecule has 0 unspecified atom stereocenters. The van der Waals surface area contributed by atoms with E-state index in [0.29, 0.717) is 34.1 Å². The van der Waals surface area contributed by atoms with E-state index in [1.165, 1.54) is 18.2 Å². The second-order valence-corrected chi connectivity index (χ2v) is 10.00. The molecule has 34 heavy (non-hydrogen) atoms. The molecule has 9 heteroatoms. The van der Waals surface area contributed by atoms with Crippen LogP contribution in [0.25, 0.3) is 10.8 Å². The Morgan fingerprint density at radius 3 is 2.29 bits per heavy atom. The normalized spacial score (nSPS) is 11.1. The van der Waals surface area contributed by atoms with Crippen LogP contribution in [-0.2, 0) is 16.6 Å². The van der Waals surface area contributed by atoms with Gasteiger partial charge in [-0.05, 0) is 64.9 Å². The van der Waals surface area contributed by atoms with Crippen molar-refractivity contribution < 1.29 is 13.2 Å². The van der Waals surface area contributed by atoms with Crippen molar-refractivity contribution in [2.24, 2.45) is 0 Å². The molecular formula is C25H17Cl2N3O3S. The lowest BCUT2D eigenvalue weighted by atomic mass is 10.0. The standard InChI is InChI=1S/C25H17Cl2N3O3S/c26-19-11-20(27)13-22(12-19)34(32,33)30-21-8-9-23-18(10-21)2-1-3-24(23)25(31)29-15-17-6-4-16(14-28)5-7-17/h1-13,30H,15H2,(H,29,31). The van der Waals surface area contributed by atoms with Crippen LogP contribution in [0.4, 0.5) is 5.69 Å². The van der Waals surface area contributed by atoms with Crippen molar-refractivity contribution in [2.45, 2.75) is 11.4 Å². The number of nitriles is 1. The zero-order chi connectivity index (χ0) is 24.3. The van der Waals surface area contributed by atoms with Crippen molar-refractivity contribution in [3.05, 3.63) is 106 Å². The van der Waals surface area contributed by atoms with Gasteiger partial charge in [-0.3, -0.25) is 9.52 Å². The van der Waals surface area contributed by atoms with Crippen LogP contribution in [0, 0.1) is 11.3 Å². The van der Waals surface area contributed by atoms with Gasteiger partial charge in [-0.2, -0.15) is 5.26 Å². The first-order valence-electron chi connectivity index (χ1n) is 10.0. The lowest BCUT2D eigenvalue weighted by Crippen LogP contribution is -2.23. The number of carbonyl (C=O) groups is 1. The maximum Gasteiger partial charge on any atom is 0.261 e. The minimum Gasteiger partial charge on any atom is -0.348 e. The number of hydrogen-bond acceptors (Lipinski definition) is 4. The lowest BCUT2D eigenvalue weighted by Gasteiger charge is -2.12. The number of nitrogens with zero attached hydrogens (tertiary/aromatic N) is 1. The summed E-state index contributed by atoms with van der Waals surface area (Å²) in [5.74, 6) is -0.267. The molecule has 4 rings (SSSR count). The summed E-state index contributed by atoms with van der Waals surface area (Å²) >= 11 is 11.9. The Bertz CT molecular complexity index is 1530. The van der Waals surface area contributed by atoms with Crippen LogP contribution in [0.5, 0.6) is 0 Å². The molecule has 0 saturated carbocycles. The Labute approximate surface area is 206 Å². The van der Waals surface area contributed by atoms with Crippen molar-refractivity contribution in [2.75, 3.05) is 4.72 Å². The molecule has 4 aromatic carbocycles. The van der Waals surface area contributed by atoms with E-state index < -0.39 is 10.0 Å². The number of rotatable bonds is 6. The van der Waals surface area contributed by atoms with Gasteiger partial charge in [0, 0.05) is 27.8 Å². The van der Waals surface area contributed by atoms with Crippen LogP contribution < -0.4 is 10.0 Å². The van der Waals surface area contributed by atoms with Crippen LogP contribution in [0.1, 0.15) is 21.5 Å². The number of carbonyl (C=O) groups excluding carboxylic acids is 1. The van der Waals surface area contributed by atoms with Gasteiger partial charge in [-0.15, -0.1) is 0 Å². The molecule has 6 nitrogen and oxygen atoms in total. The summed E-state index contributed by atoms with van der Waals surface area (Å²) in [7, 11) is -3.92. The molecule has 0 aliphatic heterocycles. The third kappa shape index (κ3) is 5.32. The van der Waals surface area contributed by atoms with E-state index in [1.807, 2.05) is 0 Å². The number of benzene rings is 4. The maximum absolute atomic E-state index is 12.8. The quantitative estimate of drug-likeness (QED) is 0.345. The van der Waals surface area contributed by atoms with Gasteiger partial charge < -0.3 is 5.32 Å². The highest BCUT2D eigenvalue weighted by molar-refractivity contribution is 7.92. The van der Waals surface area contributed by atoms with Crippen LogP contribution in [-0.4, -0.2) is 14.3 Å². The van der Waals surface area contributed by atoms with Crippen molar-refractivity contribution in [1.29, 1.82) is 5.26 Å². The first-order valence-corrected chi connectivity index (χ1v) is 12.3. The summed E-state index contributed by atoms with van der Waals surface area (Å²) in [6.45, 7) is 0.307. The first kappa shape index (κ1) is 23.6. The van der Waals surface area contributed by atoms with Crippen molar-refractivity contribution in [1.82, 2.24) is 5.32 Å². The monoisotopic (exact) mass is 509 g/mol. The van der Waals surface area contributed by atoms with Gasteiger partial charge in [-0.1, -0.05) is 53.5 Å². The lowest BCUT2D eigenvalue weighted by molar-refractivity contribution is 0.0952. The minimum absolute atomic E-state index is 0.0546. The average molecular weight is 510 g/mol. The molecule has 0 saturated heterocycles. The maximum atomic E-state index is 12.8. The number of amides is 1. The number of halogens is 2. The van der Waals surface area contributed by atoms with Gasteiger partial charge in [0.05, 0.1) is 16.5 Å². The van der Waals surface area contributed by atoms with Crippen molar-refractivity contribution in [3.8, 4) is 6.07 Å². The molecule has 0 aliphatic rings. The Morgan fingerprint density at radius 1 is 0.912 bits per heavy atom. The largest absolute Gasteiger partial charge is 0.348 e. The Balaban J connectivity index is 1.55. The predicted octanol–water partition coefficient (Wildman–Crippen LogP) is 5.75. The molecule has 4 aromatic rings. The van der Waals surface area contributed by atoms with Crippen molar-refractivity contribution >= 4 is 55.6 Å². The van der Waals surface area contributed by atoms with E-state index in [-0.39, 0.29) is 20.8 Å². The fourth-order valence-corrected chi connectivity index (χ4v) is 5.19. The van der Waals surface area contributed by atoms with Crippen LogP contribution in [0.15, 0.2) is 83.8 Å². The molecule has 0 fully saturated rings. The van der Waals surface area contributed by atoms with Gasteiger partial charge in [-0.25, -0.2) is 8.42 Å². The Kier molecular flexibility index (Phi) is 6.75.